The molecule has 0 aliphatic carbocycles. The maximum atomic E-state index is 11.5. The number of terminal acetylenes is 1. The van der Waals surface area contributed by atoms with Crippen LogP contribution in [-0.4, -0.2) is 24.4 Å². The van der Waals surface area contributed by atoms with Gasteiger partial charge < -0.3 is 10.6 Å². The van der Waals surface area contributed by atoms with Crippen molar-refractivity contribution in [3.05, 3.63) is 0 Å². The average molecular weight is 196 g/mol. The van der Waals surface area contributed by atoms with Gasteiger partial charge in [0.2, 0.25) is 11.8 Å². The molecule has 0 saturated heterocycles. The van der Waals surface area contributed by atoms with Crippen LogP contribution in [0.5, 0.6) is 0 Å². The van der Waals surface area contributed by atoms with Crippen molar-refractivity contribution in [3.63, 3.8) is 0 Å². The molecule has 4 nitrogen and oxygen atoms in total. The Kier molecular flexibility index (Phi) is 5.38. The second kappa shape index (κ2) is 6.03. The van der Waals surface area contributed by atoms with Gasteiger partial charge >= 0.3 is 0 Å². The fraction of sp³-hybridized carbons (Fsp3) is 0.600. The van der Waals surface area contributed by atoms with Crippen molar-refractivity contribution in [2.24, 2.45) is 5.92 Å². The molecule has 2 N–H and O–H groups in total. The van der Waals surface area contributed by atoms with Crippen LogP contribution >= 0.6 is 0 Å². The summed E-state index contributed by atoms with van der Waals surface area (Å²) in [6.07, 6.45) is 5.00. The molecular weight excluding hydrogens is 180 g/mol. The zero-order valence-electron chi connectivity index (χ0n) is 8.76. The fourth-order valence-corrected chi connectivity index (χ4v) is 1.00. The first-order valence-electron chi connectivity index (χ1n) is 4.47. The third-order valence-corrected chi connectivity index (χ3v) is 1.67. The first-order valence-corrected chi connectivity index (χ1v) is 4.47. The molecule has 1 atom stereocenters. The van der Waals surface area contributed by atoms with Gasteiger partial charge in [-0.05, 0) is 5.92 Å². The van der Waals surface area contributed by atoms with Crippen LogP contribution in [0.25, 0.3) is 0 Å². The van der Waals surface area contributed by atoms with E-state index in [-0.39, 0.29) is 24.3 Å². The van der Waals surface area contributed by atoms with E-state index in [1.165, 1.54) is 6.92 Å². The lowest BCUT2D eigenvalue weighted by atomic mass is 10.0. The maximum Gasteiger partial charge on any atom is 0.243 e. The van der Waals surface area contributed by atoms with Crippen LogP contribution in [0.4, 0.5) is 0 Å². The minimum atomic E-state index is -0.513. The van der Waals surface area contributed by atoms with E-state index in [1.54, 1.807) is 0 Å². The van der Waals surface area contributed by atoms with E-state index >= 15 is 0 Å². The molecule has 0 aromatic heterocycles. The number of rotatable bonds is 4. The quantitative estimate of drug-likeness (QED) is 0.617. The van der Waals surface area contributed by atoms with Gasteiger partial charge in [-0.25, -0.2) is 0 Å². The van der Waals surface area contributed by atoms with Gasteiger partial charge in [-0.3, -0.25) is 9.59 Å². The third-order valence-electron chi connectivity index (χ3n) is 1.67. The molecule has 0 bridgehead atoms. The summed E-state index contributed by atoms with van der Waals surface area (Å²) in [7, 11) is 0. The molecule has 2 amide bonds. The molecule has 0 aliphatic heterocycles. The van der Waals surface area contributed by atoms with Crippen LogP contribution in [0.1, 0.15) is 20.8 Å². The van der Waals surface area contributed by atoms with Crippen LogP contribution in [0.15, 0.2) is 0 Å². The SMILES string of the molecule is C#CCNC(=O)C(NC(C)=O)C(C)C. The lowest BCUT2D eigenvalue weighted by Gasteiger charge is -2.20. The number of amides is 2. The largest absolute Gasteiger partial charge is 0.344 e. The summed E-state index contributed by atoms with van der Waals surface area (Å²) in [5, 5.41) is 5.10. The van der Waals surface area contributed by atoms with E-state index in [9.17, 15) is 9.59 Å². The van der Waals surface area contributed by atoms with Crippen LogP contribution in [0, 0.1) is 18.3 Å². The van der Waals surface area contributed by atoms with Gasteiger partial charge in [0.15, 0.2) is 0 Å². The zero-order valence-corrected chi connectivity index (χ0v) is 8.76. The Balaban J connectivity index is 4.27. The van der Waals surface area contributed by atoms with E-state index < -0.39 is 6.04 Å². The molecule has 0 saturated carbocycles. The van der Waals surface area contributed by atoms with Crippen LogP contribution < -0.4 is 10.6 Å². The van der Waals surface area contributed by atoms with Gasteiger partial charge in [-0.1, -0.05) is 19.8 Å². The normalized spacial score (nSPS) is 11.6. The predicted octanol–water partition coefficient (Wildman–Crippen LogP) is -0.104. The molecule has 1 unspecified atom stereocenters. The van der Waals surface area contributed by atoms with E-state index in [2.05, 4.69) is 16.6 Å². The summed E-state index contributed by atoms with van der Waals surface area (Å²) in [5.41, 5.74) is 0. The Morgan fingerprint density at radius 3 is 2.36 bits per heavy atom. The van der Waals surface area contributed by atoms with E-state index in [0.717, 1.165) is 0 Å². The third kappa shape index (κ3) is 4.51. The van der Waals surface area contributed by atoms with Gasteiger partial charge in [-0.15, -0.1) is 6.42 Å². The molecule has 0 aromatic rings. The Labute approximate surface area is 84.4 Å². The number of carbonyl (C=O) groups is 2. The van der Waals surface area contributed by atoms with Crippen molar-refractivity contribution in [3.8, 4) is 12.3 Å². The molecule has 4 heteroatoms. The summed E-state index contributed by atoms with van der Waals surface area (Å²) in [4.78, 5) is 22.3. The molecule has 78 valence electrons. The van der Waals surface area contributed by atoms with Gasteiger partial charge in [0.05, 0.1) is 6.54 Å². The lowest BCUT2D eigenvalue weighted by Crippen LogP contribution is -2.49. The highest BCUT2D eigenvalue weighted by molar-refractivity contribution is 5.87. The number of nitrogens with one attached hydrogen (secondary N) is 2. The van der Waals surface area contributed by atoms with Crippen LogP contribution in [0.2, 0.25) is 0 Å². The molecule has 0 aliphatic rings. The van der Waals surface area contributed by atoms with E-state index in [4.69, 9.17) is 6.42 Å². The van der Waals surface area contributed by atoms with Crippen molar-refractivity contribution in [2.45, 2.75) is 26.8 Å². The highest BCUT2D eigenvalue weighted by Gasteiger charge is 2.21. The van der Waals surface area contributed by atoms with Crippen LogP contribution in [-0.2, 0) is 9.59 Å². The second-order valence-electron chi connectivity index (χ2n) is 3.34. The monoisotopic (exact) mass is 196 g/mol. The van der Waals surface area contributed by atoms with Crippen molar-refractivity contribution in [2.75, 3.05) is 6.54 Å². The fourth-order valence-electron chi connectivity index (χ4n) is 1.00. The van der Waals surface area contributed by atoms with Crippen molar-refractivity contribution >= 4 is 11.8 Å². The predicted molar refractivity (Wildman–Crippen MR) is 54.3 cm³/mol. The highest BCUT2D eigenvalue weighted by atomic mass is 16.2. The van der Waals surface area contributed by atoms with Gasteiger partial charge in [0.25, 0.3) is 0 Å². The lowest BCUT2D eigenvalue weighted by molar-refractivity contribution is -0.129. The number of carbonyl (C=O) groups excluding carboxylic acids is 2. The highest BCUT2D eigenvalue weighted by Crippen LogP contribution is 2.01. The minimum Gasteiger partial charge on any atom is -0.344 e. The van der Waals surface area contributed by atoms with Crippen molar-refractivity contribution in [1.29, 1.82) is 0 Å². The number of hydrogen-bond donors (Lipinski definition) is 2. The first-order chi connectivity index (χ1) is 6.49. The molecule has 0 rings (SSSR count). The van der Waals surface area contributed by atoms with E-state index in [1.807, 2.05) is 13.8 Å². The Hall–Kier alpha value is -1.50. The minimum absolute atomic E-state index is 0.0386. The number of hydrogen-bond acceptors (Lipinski definition) is 2. The Morgan fingerprint density at radius 2 is 2.00 bits per heavy atom. The first kappa shape index (κ1) is 12.5. The van der Waals surface area contributed by atoms with Gasteiger partial charge in [0.1, 0.15) is 6.04 Å². The van der Waals surface area contributed by atoms with Crippen molar-refractivity contribution < 1.29 is 9.59 Å². The zero-order chi connectivity index (χ0) is 11.1. The second-order valence-corrected chi connectivity index (χ2v) is 3.34. The molecule has 0 radical (unpaired) electrons. The molecular formula is C10H16N2O2. The summed E-state index contributed by atoms with van der Waals surface area (Å²) < 4.78 is 0. The summed E-state index contributed by atoms with van der Waals surface area (Å²) in [6.45, 7) is 5.28. The van der Waals surface area contributed by atoms with Gasteiger partial charge in [-0.2, -0.15) is 0 Å². The maximum absolute atomic E-state index is 11.5. The molecule has 0 heterocycles. The molecule has 0 fully saturated rings. The summed E-state index contributed by atoms with van der Waals surface area (Å²) in [5.74, 6) is 1.87. The molecule has 14 heavy (non-hydrogen) atoms. The smallest absolute Gasteiger partial charge is 0.243 e. The average Bonchev–Trinajstić information content (AvgIpc) is 2.09. The summed E-state index contributed by atoms with van der Waals surface area (Å²) in [6, 6.07) is -0.513. The Bertz CT molecular complexity index is 253. The topological polar surface area (TPSA) is 58.2 Å². The standard InChI is InChI=1S/C10H16N2O2/c1-5-6-11-10(14)9(7(2)3)12-8(4)13/h1,7,9H,6H2,2-4H3,(H,11,14)(H,12,13). The van der Waals surface area contributed by atoms with Crippen LogP contribution in [0.3, 0.4) is 0 Å². The Morgan fingerprint density at radius 1 is 1.43 bits per heavy atom. The molecule has 0 aromatic carbocycles. The van der Waals surface area contributed by atoms with Crippen molar-refractivity contribution in [1.82, 2.24) is 10.6 Å². The molecule has 0 spiro atoms. The summed E-state index contributed by atoms with van der Waals surface area (Å²) >= 11 is 0. The van der Waals surface area contributed by atoms with E-state index in [0.29, 0.717) is 0 Å². The van der Waals surface area contributed by atoms with Gasteiger partial charge in [0, 0.05) is 6.92 Å².